The van der Waals surface area contributed by atoms with Crippen molar-refractivity contribution in [2.45, 2.75) is 51.6 Å². The molecule has 0 saturated heterocycles. The van der Waals surface area contributed by atoms with Gasteiger partial charge in [-0.3, -0.25) is 4.79 Å². The van der Waals surface area contributed by atoms with Crippen LogP contribution in [0.2, 0.25) is 0 Å². The summed E-state index contributed by atoms with van der Waals surface area (Å²) in [4.78, 5) is 16.7. The average molecular weight is 297 g/mol. The molecule has 4 N–H and O–H groups in total. The van der Waals surface area contributed by atoms with Gasteiger partial charge >= 0.3 is 0 Å². The summed E-state index contributed by atoms with van der Waals surface area (Å²) in [5, 5.41) is 13.7. The Bertz CT molecular complexity index is 479. The van der Waals surface area contributed by atoms with Crippen molar-refractivity contribution in [2.24, 2.45) is 5.92 Å². The molecule has 1 saturated carbocycles. The number of aliphatic hydroxyl groups is 1. The molecule has 0 unspecified atom stereocenters. The van der Waals surface area contributed by atoms with Crippen molar-refractivity contribution in [3.05, 3.63) is 10.6 Å². The number of amides is 1. The highest BCUT2D eigenvalue weighted by Crippen LogP contribution is 2.33. The first-order chi connectivity index (χ1) is 9.43. The van der Waals surface area contributed by atoms with Gasteiger partial charge in [-0.1, -0.05) is 24.7 Å². The lowest BCUT2D eigenvalue weighted by molar-refractivity contribution is -0.00784. The van der Waals surface area contributed by atoms with Crippen molar-refractivity contribution >= 4 is 22.4 Å². The highest BCUT2D eigenvalue weighted by atomic mass is 32.1. The molecule has 1 aliphatic rings. The zero-order chi connectivity index (χ0) is 14.8. The molecule has 20 heavy (non-hydrogen) atoms. The van der Waals surface area contributed by atoms with Crippen LogP contribution in [0, 0.1) is 12.8 Å². The lowest BCUT2D eigenvalue weighted by atomic mass is 9.78. The smallest absolute Gasteiger partial charge is 0.263 e. The van der Waals surface area contributed by atoms with E-state index in [1.165, 1.54) is 17.8 Å². The maximum atomic E-state index is 12.1. The number of hydrogen-bond acceptors (Lipinski definition) is 5. The van der Waals surface area contributed by atoms with Crippen molar-refractivity contribution in [1.29, 1.82) is 0 Å². The first kappa shape index (κ1) is 15.3. The van der Waals surface area contributed by atoms with Crippen molar-refractivity contribution in [3.63, 3.8) is 0 Å². The minimum absolute atomic E-state index is 0.192. The van der Waals surface area contributed by atoms with Gasteiger partial charge in [-0.05, 0) is 38.5 Å². The summed E-state index contributed by atoms with van der Waals surface area (Å²) < 4.78 is 0. The number of nitrogens with one attached hydrogen (secondary N) is 1. The number of hydrogen-bond donors (Lipinski definition) is 3. The second-order valence-electron chi connectivity index (χ2n) is 5.73. The quantitative estimate of drug-likeness (QED) is 0.794. The fourth-order valence-corrected chi connectivity index (χ4v) is 3.50. The molecule has 0 radical (unpaired) electrons. The minimum Gasteiger partial charge on any atom is -0.388 e. The van der Waals surface area contributed by atoms with Gasteiger partial charge in [0.15, 0.2) is 5.13 Å². The Hall–Kier alpha value is -1.14. The van der Waals surface area contributed by atoms with E-state index in [1.807, 2.05) is 0 Å². The van der Waals surface area contributed by atoms with Crippen LogP contribution < -0.4 is 11.1 Å². The van der Waals surface area contributed by atoms with Crippen LogP contribution in [0.25, 0.3) is 0 Å². The first-order valence-electron chi connectivity index (χ1n) is 7.17. The maximum Gasteiger partial charge on any atom is 0.263 e. The molecule has 2 rings (SSSR count). The van der Waals surface area contributed by atoms with Gasteiger partial charge in [-0.2, -0.15) is 0 Å². The second-order valence-corrected chi connectivity index (χ2v) is 6.76. The van der Waals surface area contributed by atoms with Gasteiger partial charge in [-0.15, -0.1) is 0 Å². The van der Waals surface area contributed by atoms with E-state index < -0.39 is 5.60 Å². The number of nitrogen functional groups attached to an aromatic ring is 1. The van der Waals surface area contributed by atoms with Crippen molar-refractivity contribution in [2.75, 3.05) is 12.3 Å². The molecule has 112 valence electrons. The highest BCUT2D eigenvalue weighted by Gasteiger charge is 2.33. The van der Waals surface area contributed by atoms with Crippen molar-refractivity contribution < 1.29 is 9.90 Å². The van der Waals surface area contributed by atoms with Crippen LogP contribution >= 0.6 is 11.3 Å². The SMILES string of the molecule is CCC1CCC(O)(CNC(=O)c2sc(N)nc2C)CC1. The Morgan fingerprint density at radius 3 is 2.70 bits per heavy atom. The van der Waals surface area contributed by atoms with E-state index in [9.17, 15) is 9.90 Å². The molecule has 1 aromatic rings. The molecule has 0 atom stereocenters. The summed E-state index contributed by atoms with van der Waals surface area (Å²) >= 11 is 1.18. The van der Waals surface area contributed by atoms with E-state index in [-0.39, 0.29) is 5.91 Å². The topological polar surface area (TPSA) is 88.2 Å². The second kappa shape index (κ2) is 6.10. The first-order valence-corrected chi connectivity index (χ1v) is 7.98. The molecule has 0 aromatic carbocycles. The molecule has 0 bridgehead atoms. The number of aryl methyl sites for hydroxylation is 1. The van der Waals surface area contributed by atoms with Gasteiger partial charge in [-0.25, -0.2) is 4.98 Å². The monoisotopic (exact) mass is 297 g/mol. The van der Waals surface area contributed by atoms with E-state index in [2.05, 4.69) is 17.2 Å². The zero-order valence-electron chi connectivity index (χ0n) is 12.1. The minimum atomic E-state index is -0.758. The molecule has 1 aliphatic carbocycles. The third kappa shape index (κ3) is 3.49. The number of aromatic nitrogens is 1. The summed E-state index contributed by atoms with van der Waals surface area (Å²) in [6.07, 6.45) is 4.76. The Morgan fingerprint density at radius 2 is 2.20 bits per heavy atom. The van der Waals surface area contributed by atoms with Gasteiger partial charge < -0.3 is 16.2 Å². The Balaban J connectivity index is 1.89. The van der Waals surface area contributed by atoms with Crippen molar-refractivity contribution in [1.82, 2.24) is 10.3 Å². The normalized spacial score (nSPS) is 26.4. The molecule has 0 aliphatic heterocycles. The number of rotatable bonds is 4. The zero-order valence-corrected chi connectivity index (χ0v) is 12.9. The third-order valence-electron chi connectivity index (χ3n) is 4.21. The van der Waals surface area contributed by atoms with E-state index in [1.54, 1.807) is 6.92 Å². The highest BCUT2D eigenvalue weighted by molar-refractivity contribution is 7.17. The van der Waals surface area contributed by atoms with Gasteiger partial charge in [0.25, 0.3) is 5.91 Å². The molecule has 5 nitrogen and oxygen atoms in total. The largest absolute Gasteiger partial charge is 0.388 e. The fraction of sp³-hybridized carbons (Fsp3) is 0.714. The molecule has 1 fully saturated rings. The number of nitrogens with two attached hydrogens (primary N) is 1. The van der Waals surface area contributed by atoms with Gasteiger partial charge in [0.1, 0.15) is 4.88 Å². The fourth-order valence-electron chi connectivity index (χ4n) is 2.75. The van der Waals surface area contributed by atoms with E-state index >= 15 is 0 Å². The standard InChI is InChI=1S/C14H23N3O2S/c1-3-10-4-6-14(19,7-5-10)8-16-12(18)11-9(2)17-13(15)20-11/h10,19H,3-8H2,1-2H3,(H2,15,17)(H,16,18). The number of nitrogens with zero attached hydrogens (tertiary/aromatic N) is 1. The summed E-state index contributed by atoms with van der Waals surface area (Å²) in [7, 11) is 0. The lowest BCUT2D eigenvalue weighted by Crippen LogP contribution is -2.45. The van der Waals surface area contributed by atoms with Crippen molar-refractivity contribution in [3.8, 4) is 0 Å². The lowest BCUT2D eigenvalue weighted by Gasteiger charge is -2.35. The number of carbonyl (C=O) groups is 1. The van der Waals surface area contributed by atoms with E-state index in [0.717, 1.165) is 31.6 Å². The number of thiazole rings is 1. The molecule has 1 aromatic heterocycles. The third-order valence-corrected chi connectivity index (χ3v) is 5.20. The Labute approximate surface area is 123 Å². The molecular formula is C14H23N3O2S. The molecule has 0 spiro atoms. The molecular weight excluding hydrogens is 274 g/mol. The average Bonchev–Trinajstić information content (AvgIpc) is 2.76. The Kier molecular flexibility index (Phi) is 4.65. The molecule has 1 heterocycles. The van der Waals surface area contributed by atoms with Gasteiger partial charge in [0.05, 0.1) is 11.3 Å². The maximum absolute atomic E-state index is 12.1. The summed E-state index contributed by atoms with van der Waals surface area (Å²) in [6, 6.07) is 0. The number of carbonyl (C=O) groups excluding carboxylic acids is 1. The summed E-state index contributed by atoms with van der Waals surface area (Å²) in [5.74, 6) is 0.525. The number of anilines is 1. The van der Waals surface area contributed by atoms with Crippen LogP contribution in [0.3, 0.4) is 0 Å². The van der Waals surface area contributed by atoms with Crippen LogP contribution in [0.15, 0.2) is 0 Å². The van der Waals surface area contributed by atoms with Crippen LogP contribution in [0.5, 0.6) is 0 Å². The molecule has 6 heteroatoms. The van der Waals surface area contributed by atoms with Crippen LogP contribution in [0.1, 0.15) is 54.4 Å². The van der Waals surface area contributed by atoms with Crippen LogP contribution in [0.4, 0.5) is 5.13 Å². The van der Waals surface area contributed by atoms with Gasteiger partial charge in [0.2, 0.25) is 0 Å². The predicted molar refractivity (Wildman–Crippen MR) is 80.8 cm³/mol. The predicted octanol–water partition coefficient (Wildman–Crippen LogP) is 2.09. The summed E-state index contributed by atoms with van der Waals surface area (Å²) in [5.41, 5.74) is 5.48. The van der Waals surface area contributed by atoms with Crippen LogP contribution in [-0.4, -0.2) is 28.1 Å². The molecule has 1 amide bonds. The van der Waals surface area contributed by atoms with E-state index in [0.29, 0.717) is 22.2 Å². The van der Waals surface area contributed by atoms with Crippen LogP contribution in [-0.2, 0) is 0 Å². The Morgan fingerprint density at radius 1 is 1.55 bits per heavy atom. The van der Waals surface area contributed by atoms with E-state index in [4.69, 9.17) is 5.73 Å². The summed E-state index contributed by atoms with van der Waals surface area (Å²) in [6.45, 7) is 4.26. The van der Waals surface area contributed by atoms with Gasteiger partial charge in [0, 0.05) is 6.54 Å².